The molecule has 1 amide bonds. The molecule has 2 aliphatic rings. The van der Waals surface area contributed by atoms with Crippen LogP contribution in [-0.4, -0.2) is 80.1 Å². The van der Waals surface area contributed by atoms with Crippen molar-refractivity contribution in [1.82, 2.24) is 14.2 Å². The molecule has 134 valence electrons. The Bertz CT molecular complexity index is 686. The van der Waals surface area contributed by atoms with Crippen LogP contribution in [-0.2, 0) is 19.5 Å². The van der Waals surface area contributed by atoms with Crippen molar-refractivity contribution in [2.24, 2.45) is 0 Å². The SMILES string of the molecule is CC1CN(C(=O)c2cc(S(=O)(=O)N3CCOCC3)c[nH]2)CC(C)O1. The van der Waals surface area contributed by atoms with E-state index in [1.807, 2.05) is 13.8 Å². The molecule has 0 saturated carbocycles. The molecule has 24 heavy (non-hydrogen) atoms. The van der Waals surface area contributed by atoms with Crippen molar-refractivity contribution in [2.45, 2.75) is 31.0 Å². The first kappa shape index (κ1) is 17.4. The van der Waals surface area contributed by atoms with Gasteiger partial charge >= 0.3 is 0 Å². The van der Waals surface area contributed by atoms with Crippen molar-refractivity contribution in [1.29, 1.82) is 0 Å². The maximum Gasteiger partial charge on any atom is 0.270 e. The van der Waals surface area contributed by atoms with E-state index in [1.165, 1.54) is 16.6 Å². The van der Waals surface area contributed by atoms with Crippen molar-refractivity contribution in [3.05, 3.63) is 18.0 Å². The standard InChI is InChI=1S/C15H23N3O5S/c1-11-9-17(10-12(2)23-11)15(19)14-7-13(8-16-14)24(20,21)18-3-5-22-6-4-18/h7-8,11-12,16H,3-6,9-10H2,1-2H3. The van der Waals surface area contributed by atoms with Crippen LogP contribution < -0.4 is 0 Å². The third-order valence-electron chi connectivity index (χ3n) is 4.20. The van der Waals surface area contributed by atoms with Crippen molar-refractivity contribution in [3.8, 4) is 0 Å². The molecular formula is C15H23N3O5S. The van der Waals surface area contributed by atoms with Crippen LogP contribution in [0.2, 0.25) is 0 Å². The Hall–Kier alpha value is -1.42. The van der Waals surface area contributed by atoms with Crippen LogP contribution in [0.15, 0.2) is 17.2 Å². The summed E-state index contributed by atoms with van der Waals surface area (Å²) in [6, 6.07) is 1.41. The second-order valence-electron chi connectivity index (χ2n) is 6.23. The number of H-pyrrole nitrogens is 1. The highest BCUT2D eigenvalue weighted by Crippen LogP contribution is 2.20. The Morgan fingerprint density at radius 3 is 2.46 bits per heavy atom. The number of nitrogens with zero attached hydrogens (tertiary/aromatic N) is 2. The minimum absolute atomic E-state index is 0.0378. The molecule has 0 aliphatic carbocycles. The highest BCUT2D eigenvalue weighted by Gasteiger charge is 2.30. The molecule has 3 heterocycles. The minimum Gasteiger partial charge on any atom is -0.379 e. The number of carbonyl (C=O) groups is 1. The summed E-state index contributed by atoms with van der Waals surface area (Å²) in [4.78, 5) is 17.2. The van der Waals surface area contributed by atoms with Crippen LogP contribution in [0.4, 0.5) is 0 Å². The molecule has 2 aliphatic heterocycles. The molecule has 0 radical (unpaired) electrons. The van der Waals surface area contributed by atoms with Gasteiger partial charge in [-0.2, -0.15) is 4.31 Å². The van der Waals surface area contributed by atoms with Crippen LogP contribution in [0.25, 0.3) is 0 Å². The molecule has 8 nitrogen and oxygen atoms in total. The van der Waals surface area contributed by atoms with Gasteiger partial charge in [0.05, 0.1) is 25.4 Å². The van der Waals surface area contributed by atoms with Gasteiger partial charge in [0.2, 0.25) is 10.0 Å². The molecule has 2 atom stereocenters. The van der Waals surface area contributed by atoms with Gasteiger partial charge in [0, 0.05) is 32.4 Å². The number of sulfonamides is 1. The quantitative estimate of drug-likeness (QED) is 0.839. The number of amides is 1. The summed E-state index contributed by atoms with van der Waals surface area (Å²) in [6.45, 7) is 6.25. The van der Waals surface area contributed by atoms with E-state index in [4.69, 9.17) is 9.47 Å². The third kappa shape index (κ3) is 3.49. The number of ether oxygens (including phenoxy) is 2. The molecule has 2 fully saturated rings. The van der Waals surface area contributed by atoms with E-state index in [-0.39, 0.29) is 28.7 Å². The summed E-state index contributed by atoms with van der Waals surface area (Å²) >= 11 is 0. The Balaban J connectivity index is 1.76. The van der Waals surface area contributed by atoms with E-state index in [1.54, 1.807) is 4.90 Å². The van der Waals surface area contributed by atoms with Crippen LogP contribution in [0.3, 0.4) is 0 Å². The van der Waals surface area contributed by atoms with E-state index < -0.39 is 10.0 Å². The Morgan fingerprint density at radius 2 is 1.83 bits per heavy atom. The smallest absolute Gasteiger partial charge is 0.270 e. The average molecular weight is 357 g/mol. The number of aromatic nitrogens is 1. The molecule has 0 bridgehead atoms. The fourth-order valence-electron chi connectivity index (χ4n) is 3.10. The number of morpholine rings is 2. The fraction of sp³-hybridized carbons (Fsp3) is 0.667. The lowest BCUT2D eigenvalue weighted by molar-refractivity contribution is -0.0587. The molecular weight excluding hydrogens is 334 g/mol. The molecule has 1 N–H and O–H groups in total. The van der Waals surface area contributed by atoms with E-state index in [0.29, 0.717) is 39.4 Å². The first-order valence-corrected chi connectivity index (χ1v) is 9.53. The lowest BCUT2D eigenvalue weighted by Gasteiger charge is -2.35. The summed E-state index contributed by atoms with van der Waals surface area (Å²) in [5.41, 5.74) is 0.281. The number of carbonyl (C=O) groups excluding carboxylic acids is 1. The summed E-state index contributed by atoms with van der Waals surface area (Å²) in [6.07, 6.45) is 1.30. The largest absolute Gasteiger partial charge is 0.379 e. The predicted molar refractivity (Wildman–Crippen MR) is 86.3 cm³/mol. The minimum atomic E-state index is -3.60. The molecule has 0 spiro atoms. The van der Waals surface area contributed by atoms with Gasteiger partial charge in [-0.3, -0.25) is 4.79 Å². The van der Waals surface area contributed by atoms with Crippen molar-refractivity contribution in [3.63, 3.8) is 0 Å². The predicted octanol–water partition coefficient (Wildman–Crippen LogP) is 0.285. The van der Waals surface area contributed by atoms with Gasteiger partial charge in [0.15, 0.2) is 0 Å². The monoisotopic (exact) mass is 357 g/mol. The van der Waals surface area contributed by atoms with E-state index in [0.717, 1.165) is 0 Å². The number of rotatable bonds is 3. The highest BCUT2D eigenvalue weighted by molar-refractivity contribution is 7.89. The zero-order chi connectivity index (χ0) is 17.3. The van der Waals surface area contributed by atoms with E-state index in [2.05, 4.69) is 4.98 Å². The molecule has 0 aromatic carbocycles. The normalized spacial score (nSPS) is 26.5. The second-order valence-corrected chi connectivity index (χ2v) is 8.17. The Morgan fingerprint density at radius 1 is 1.21 bits per heavy atom. The molecule has 1 aromatic heterocycles. The van der Waals surface area contributed by atoms with Crippen molar-refractivity contribution in [2.75, 3.05) is 39.4 Å². The van der Waals surface area contributed by atoms with Gasteiger partial charge in [-0.05, 0) is 19.9 Å². The Labute approximate surface area is 141 Å². The van der Waals surface area contributed by atoms with Gasteiger partial charge in [0.1, 0.15) is 10.6 Å². The van der Waals surface area contributed by atoms with Gasteiger partial charge < -0.3 is 19.4 Å². The summed E-state index contributed by atoms with van der Waals surface area (Å²) in [7, 11) is -3.60. The summed E-state index contributed by atoms with van der Waals surface area (Å²) < 4.78 is 37.4. The maximum atomic E-state index is 12.6. The van der Waals surface area contributed by atoms with Gasteiger partial charge in [0.25, 0.3) is 5.91 Å². The first-order chi connectivity index (χ1) is 11.4. The third-order valence-corrected chi connectivity index (χ3v) is 6.08. The van der Waals surface area contributed by atoms with Crippen LogP contribution in [0, 0.1) is 0 Å². The molecule has 1 aromatic rings. The van der Waals surface area contributed by atoms with Crippen LogP contribution >= 0.6 is 0 Å². The summed E-state index contributed by atoms with van der Waals surface area (Å²) in [5.74, 6) is -0.208. The fourth-order valence-corrected chi connectivity index (χ4v) is 4.50. The molecule has 9 heteroatoms. The zero-order valence-electron chi connectivity index (χ0n) is 13.9. The van der Waals surface area contributed by atoms with Crippen LogP contribution in [0.1, 0.15) is 24.3 Å². The van der Waals surface area contributed by atoms with Crippen molar-refractivity contribution < 1.29 is 22.7 Å². The van der Waals surface area contributed by atoms with Crippen molar-refractivity contribution >= 4 is 15.9 Å². The lowest BCUT2D eigenvalue weighted by Crippen LogP contribution is -2.48. The van der Waals surface area contributed by atoms with E-state index >= 15 is 0 Å². The maximum absolute atomic E-state index is 12.6. The van der Waals surface area contributed by atoms with Gasteiger partial charge in [-0.25, -0.2) is 8.42 Å². The number of hydrogen-bond donors (Lipinski definition) is 1. The second kappa shape index (κ2) is 6.83. The van der Waals surface area contributed by atoms with E-state index in [9.17, 15) is 13.2 Å². The topological polar surface area (TPSA) is 91.9 Å². The lowest BCUT2D eigenvalue weighted by atomic mass is 10.2. The number of aromatic amines is 1. The van der Waals surface area contributed by atoms with Gasteiger partial charge in [-0.15, -0.1) is 0 Å². The molecule has 2 unspecified atom stereocenters. The van der Waals surface area contributed by atoms with Gasteiger partial charge in [-0.1, -0.05) is 0 Å². The number of nitrogens with one attached hydrogen (secondary N) is 1. The average Bonchev–Trinajstić information content (AvgIpc) is 3.05. The number of hydrogen-bond acceptors (Lipinski definition) is 5. The molecule has 2 saturated heterocycles. The first-order valence-electron chi connectivity index (χ1n) is 8.09. The zero-order valence-corrected chi connectivity index (χ0v) is 14.7. The summed E-state index contributed by atoms with van der Waals surface area (Å²) in [5, 5.41) is 0. The Kier molecular flexibility index (Phi) is 4.95. The van der Waals surface area contributed by atoms with Crippen LogP contribution in [0.5, 0.6) is 0 Å². The molecule has 3 rings (SSSR count). The highest BCUT2D eigenvalue weighted by atomic mass is 32.2.